The summed E-state index contributed by atoms with van der Waals surface area (Å²) in [4.78, 5) is 12.4. The molecule has 1 aromatic carbocycles. The maximum absolute atomic E-state index is 10.6. The van der Waals surface area contributed by atoms with E-state index in [1.54, 1.807) is 0 Å². The third kappa shape index (κ3) is 1.68. The van der Waals surface area contributed by atoms with Crippen LogP contribution in [0.4, 0.5) is 5.69 Å². The van der Waals surface area contributed by atoms with Gasteiger partial charge in [-0.1, -0.05) is 17.7 Å². The van der Waals surface area contributed by atoms with E-state index in [0.717, 1.165) is 18.7 Å². The molecule has 2 rings (SSSR count). The number of carbonyl (C=O) groups is 1. The first kappa shape index (κ1) is 9.34. The Balaban J connectivity index is 2.28. The summed E-state index contributed by atoms with van der Waals surface area (Å²) in [6.45, 7) is 0.815. The van der Waals surface area contributed by atoms with Crippen molar-refractivity contribution in [1.29, 1.82) is 0 Å². The molecule has 0 bridgehead atoms. The molecular weight excluding hydrogens is 202 g/mol. The van der Waals surface area contributed by atoms with E-state index in [-0.39, 0.29) is 6.54 Å². The summed E-state index contributed by atoms with van der Waals surface area (Å²) >= 11 is 5.85. The Hall–Kier alpha value is -1.22. The first-order valence-corrected chi connectivity index (χ1v) is 4.80. The first-order chi connectivity index (χ1) is 6.66. The normalized spacial score (nSPS) is 14.2. The minimum Gasteiger partial charge on any atom is -0.480 e. The van der Waals surface area contributed by atoms with Crippen LogP contribution in [0.25, 0.3) is 0 Å². The molecule has 0 unspecified atom stereocenters. The van der Waals surface area contributed by atoms with Crippen molar-refractivity contribution >= 4 is 23.3 Å². The highest BCUT2D eigenvalue weighted by Gasteiger charge is 2.20. The van der Waals surface area contributed by atoms with Crippen molar-refractivity contribution in [2.45, 2.75) is 6.42 Å². The molecule has 0 spiro atoms. The number of benzene rings is 1. The topological polar surface area (TPSA) is 40.5 Å². The van der Waals surface area contributed by atoms with Crippen molar-refractivity contribution in [2.24, 2.45) is 0 Å². The lowest BCUT2D eigenvalue weighted by Gasteiger charge is -2.16. The van der Waals surface area contributed by atoms with Gasteiger partial charge in [0.1, 0.15) is 6.54 Å². The fourth-order valence-corrected chi connectivity index (χ4v) is 1.91. The zero-order valence-electron chi connectivity index (χ0n) is 7.53. The number of anilines is 1. The molecule has 1 aliphatic heterocycles. The van der Waals surface area contributed by atoms with Crippen molar-refractivity contribution < 1.29 is 9.90 Å². The molecule has 0 saturated carbocycles. The van der Waals surface area contributed by atoms with Crippen molar-refractivity contribution in [1.82, 2.24) is 0 Å². The number of halogens is 1. The highest BCUT2D eigenvalue weighted by molar-refractivity contribution is 6.30. The van der Waals surface area contributed by atoms with Gasteiger partial charge in [-0.3, -0.25) is 4.79 Å². The number of hydrogen-bond donors (Lipinski definition) is 1. The summed E-state index contributed by atoms with van der Waals surface area (Å²) in [5.41, 5.74) is 2.13. The second-order valence-corrected chi connectivity index (χ2v) is 3.77. The Morgan fingerprint density at radius 2 is 2.36 bits per heavy atom. The van der Waals surface area contributed by atoms with Gasteiger partial charge in [-0.05, 0) is 24.1 Å². The predicted molar refractivity (Wildman–Crippen MR) is 55.0 cm³/mol. The second-order valence-electron chi connectivity index (χ2n) is 3.34. The van der Waals surface area contributed by atoms with Crippen LogP contribution in [-0.2, 0) is 11.2 Å². The van der Waals surface area contributed by atoms with E-state index < -0.39 is 5.97 Å². The van der Waals surface area contributed by atoms with Gasteiger partial charge in [-0.2, -0.15) is 0 Å². The van der Waals surface area contributed by atoms with Gasteiger partial charge in [0.25, 0.3) is 0 Å². The van der Waals surface area contributed by atoms with Crippen molar-refractivity contribution in [3.63, 3.8) is 0 Å². The molecule has 0 fully saturated rings. The average molecular weight is 212 g/mol. The van der Waals surface area contributed by atoms with Crippen LogP contribution in [0.2, 0.25) is 5.02 Å². The van der Waals surface area contributed by atoms with Crippen LogP contribution < -0.4 is 4.90 Å². The Bertz CT molecular complexity index is 378. The van der Waals surface area contributed by atoms with Crippen molar-refractivity contribution in [2.75, 3.05) is 18.0 Å². The highest BCUT2D eigenvalue weighted by atomic mass is 35.5. The number of aliphatic carboxylic acids is 1. The number of hydrogen-bond acceptors (Lipinski definition) is 2. The Morgan fingerprint density at radius 3 is 3.07 bits per heavy atom. The molecular formula is C10H10ClNO2. The SMILES string of the molecule is O=C(O)CN1CCc2ccc(Cl)cc21. The molecule has 1 aliphatic rings. The lowest BCUT2D eigenvalue weighted by atomic mass is 10.2. The molecule has 0 saturated heterocycles. The van der Waals surface area contributed by atoms with Gasteiger partial charge in [0.2, 0.25) is 0 Å². The van der Waals surface area contributed by atoms with E-state index >= 15 is 0 Å². The molecule has 0 atom stereocenters. The zero-order chi connectivity index (χ0) is 10.1. The summed E-state index contributed by atoms with van der Waals surface area (Å²) < 4.78 is 0. The summed E-state index contributed by atoms with van der Waals surface area (Å²) in [7, 11) is 0. The Morgan fingerprint density at radius 1 is 1.57 bits per heavy atom. The average Bonchev–Trinajstić information content (AvgIpc) is 2.47. The number of fused-ring (bicyclic) bond motifs is 1. The van der Waals surface area contributed by atoms with E-state index in [2.05, 4.69) is 0 Å². The fraction of sp³-hybridized carbons (Fsp3) is 0.300. The smallest absolute Gasteiger partial charge is 0.323 e. The van der Waals surface area contributed by atoms with Gasteiger partial charge in [-0.15, -0.1) is 0 Å². The second kappa shape index (κ2) is 3.50. The van der Waals surface area contributed by atoms with Crippen LogP contribution in [0.5, 0.6) is 0 Å². The van der Waals surface area contributed by atoms with E-state index in [0.29, 0.717) is 5.02 Å². The van der Waals surface area contributed by atoms with Gasteiger partial charge in [0.15, 0.2) is 0 Å². The minimum absolute atomic E-state index is 0.0490. The number of carboxylic acids is 1. The summed E-state index contributed by atoms with van der Waals surface area (Å²) in [6, 6.07) is 5.62. The molecule has 0 aliphatic carbocycles. The van der Waals surface area contributed by atoms with Crippen molar-refractivity contribution in [3.05, 3.63) is 28.8 Å². The quantitative estimate of drug-likeness (QED) is 0.811. The predicted octanol–water partition coefficient (Wildman–Crippen LogP) is 1.79. The van der Waals surface area contributed by atoms with Gasteiger partial charge >= 0.3 is 5.97 Å². The fourth-order valence-electron chi connectivity index (χ4n) is 1.75. The monoisotopic (exact) mass is 211 g/mol. The summed E-state index contributed by atoms with van der Waals surface area (Å²) in [5.74, 6) is -0.808. The number of carboxylic acid groups (broad SMARTS) is 1. The molecule has 4 heteroatoms. The molecule has 74 valence electrons. The lowest BCUT2D eigenvalue weighted by Crippen LogP contribution is -2.27. The summed E-state index contributed by atoms with van der Waals surface area (Å²) in [5, 5.41) is 9.35. The third-order valence-corrected chi connectivity index (χ3v) is 2.60. The van der Waals surface area contributed by atoms with Crippen LogP contribution in [0.15, 0.2) is 18.2 Å². The number of nitrogens with zero attached hydrogens (tertiary/aromatic N) is 1. The Labute approximate surface area is 86.9 Å². The van der Waals surface area contributed by atoms with Crippen LogP contribution in [0.1, 0.15) is 5.56 Å². The highest BCUT2D eigenvalue weighted by Crippen LogP contribution is 2.30. The zero-order valence-corrected chi connectivity index (χ0v) is 8.29. The molecule has 1 heterocycles. The molecule has 0 amide bonds. The molecule has 14 heavy (non-hydrogen) atoms. The van der Waals surface area contributed by atoms with Crippen LogP contribution in [0.3, 0.4) is 0 Å². The van der Waals surface area contributed by atoms with Crippen LogP contribution in [-0.4, -0.2) is 24.2 Å². The molecule has 0 aromatic heterocycles. The third-order valence-electron chi connectivity index (χ3n) is 2.37. The van der Waals surface area contributed by atoms with Crippen molar-refractivity contribution in [3.8, 4) is 0 Å². The summed E-state index contributed by atoms with van der Waals surface area (Å²) in [6.07, 6.45) is 0.903. The molecule has 3 nitrogen and oxygen atoms in total. The lowest BCUT2D eigenvalue weighted by molar-refractivity contribution is -0.135. The minimum atomic E-state index is -0.808. The number of rotatable bonds is 2. The Kier molecular flexibility index (Phi) is 2.33. The van der Waals surface area contributed by atoms with E-state index in [9.17, 15) is 4.79 Å². The molecule has 1 N–H and O–H groups in total. The van der Waals surface area contributed by atoms with Crippen LogP contribution in [0, 0.1) is 0 Å². The standard InChI is InChI=1S/C10H10ClNO2/c11-8-2-1-7-3-4-12(6-10(13)14)9(7)5-8/h1-2,5H,3-4,6H2,(H,13,14). The van der Waals surface area contributed by atoms with Gasteiger partial charge in [0.05, 0.1) is 0 Å². The van der Waals surface area contributed by atoms with Gasteiger partial charge in [-0.25, -0.2) is 0 Å². The molecule has 1 aromatic rings. The van der Waals surface area contributed by atoms with E-state index in [4.69, 9.17) is 16.7 Å². The van der Waals surface area contributed by atoms with Crippen LogP contribution >= 0.6 is 11.6 Å². The largest absolute Gasteiger partial charge is 0.480 e. The molecule has 0 radical (unpaired) electrons. The maximum atomic E-state index is 10.6. The van der Waals surface area contributed by atoms with E-state index in [1.807, 2.05) is 23.1 Å². The van der Waals surface area contributed by atoms with Gasteiger partial charge in [0, 0.05) is 17.3 Å². The van der Waals surface area contributed by atoms with Gasteiger partial charge < -0.3 is 10.0 Å². The van der Waals surface area contributed by atoms with E-state index in [1.165, 1.54) is 5.56 Å². The maximum Gasteiger partial charge on any atom is 0.323 e. The first-order valence-electron chi connectivity index (χ1n) is 4.42.